The van der Waals surface area contributed by atoms with Crippen LogP contribution in [-0.2, 0) is 49.5 Å². The van der Waals surface area contributed by atoms with E-state index in [0.29, 0.717) is 37.1 Å². The summed E-state index contributed by atoms with van der Waals surface area (Å²) in [6, 6.07) is 19.7. The van der Waals surface area contributed by atoms with Crippen LogP contribution in [-0.4, -0.2) is 111 Å². The summed E-state index contributed by atoms with van der Waals surface area (Å²) in [5, 5.41) is 13.8. The molecule has 0 spiro atoms. The van der Waals surface area contributed by atoms with Crippen LogP contribution in [0.1, 0.15) is 219 Å². The van der Waals surface area contributed by atoms with Crippen molar-refractivity contribution in [3.8, 4) is 0 Å². The number of aliphatic carboxylic acids is 1. The molecule has 1 aliphatic rings. The van der Waals surface area contributed by atoms with E-state index in [1.54, 1.807) is 51.3 Å². The van der Waals surface area contributed by atoms with E-state index in [4.69, 9.17) is 0 Å². The molecule has 0 fully saturated rings. The maximum Gasteiger partial charge on any atom is 1.00 e. The Bertz CT molecular complexity index is 3090. The van der Waals surface area contributed by atoms with Crippen molar-refractivity contribution in [2.45, 2.75) is 200 Å². The number of carboxylic acid groups (broad SMARTS) is 1. The molecule has 7 rings (SSSR count). The Morgan fingerprint density at radius 3 is 2.01 bits per heavy atom. The van der Waals surface area contributed by atoms with Crippen LogP contribution in [0.4, 0.5) is 0 Å². The maximum atomic E-state index is 12.5. The molecule has 1 N–H and O–H groups in total. The van der Waals surface area contributed by atoms with E-state index in [0.717, 1.165) is 126 Å². The Hall–Kier alpha value is -7.38. The van der Waals surface area contributed by atoms with Crippen molar-refractivity contribution < 1.29 is 48.2 Å². The number of aliphatic imine (C=N–C) groups is 5. The predicted molar refractivity (Wildman–Crippen MR) is 358 cm³/mol. The minimum absolute atomic E-state index is 0. The molecule has 5 atom stereocenters. The number of carbonyl (C=O) groups excluding carboxylic acids is 2. The van der Waals surface area contributed by atoms with Gasteiger partial charge < -0.3 is 29.8 Å². The van der Waals surface area contributed by atoms with Crippen LogP contribution in [0.2, 0.25) is 0 Å². The molecule has 90 heavy (non-hydrogen) atoms. The van der Waals surface area contributed by atoms with E-state index >= 15 is 0 Å². The normalized spacial score (nSPS) is 14.3. The van der Waals surface area contributed by atoms with Crippen LogP contribution in [0.3, 0.4) is 0 Å². The van der Waals surface area contributed by atoms with Gasteiger partial charge in [-0.3, -0.25) is 29.7 Å². The third-order valence-corrected chi connectivity index (χ3v) is 16.2. The van der Waals surface area contributed by atoms with Crippen LogP contribution in [0.15, 0.2) is 142 Å². The fourth-order valence-corrected chi connectivity index (χ4v) is 10.9. The minimum atomic E-state index is -0.956. The standard InChI is InChI=1S/C54H76N7O3.C9H14N4.C8H11N4.Os/c1-4-46(20-17-22-48(49-26-33-55-34-27-49)21-15-18-44(2)47-28-39-59(40-29-47)37-13-8-10-25-53(63)64)50-30-41-60(42-31-50)36-12-7-9-24-52(62)56-32-11-5-6-14-38-61-43-35-57-54(61)51-23-16-19-45(3)58-51;1-8(11-5-4-10-2)9-12-6-7-13(9)3;1-7(10-4-3-9-2)8-11-5-6-12-8;/h16,19,23,26-31,33-35,39-44,46,48,54H,4-15,17-18,20-22,24-25,32,36-38H2,1-3H3;4,6-7H,5H2,1-3H3;3-7H,1-2H3;/q+1;;-1;+1/p+1. The first kappa shape index (κ1) is 75.1. The van der Waals surface area contributed by atoms with Gasteiger partial charge in [-0.25, -0.2) is 28.7 Å². The second-order valence-corrected chi connectivity index (χ2v) is 23.1. The summed E-state index contributed by atoms with van der Waals surface area (Å²) in [7, 11) is 5.40. The zero-order valence-corrected chi connectivity index (χ0v) is 57.6. The van der Waals surface area contributed by atoms with Crippen molar-refractivity contribution in [3.05, 3.63) is 156 Å². The van der Waals surface area contributed by atoms with E-state index in [-0.39, 0.29) is 44.3 Å². The summed E-state index contributed by atoms with van der Waals surface area (Å²) in [6.07, 6.45) is 47.8. The summed E-state index contributed by atoms with van der Waals surface area (Å²) in [6.45, 7) is 14.8. The van der Waals surface area contributed by atoms with Gasteiger partial charge in [0.15, 0.2) is 36.8 Å². The van der Waals surface area contributed by atoms with Crippen LogP contribution < -0.4 is 24.5 Å². The molecule has 0 saturated carbocycles. The molecule has 485 valence electrons. The number of unbranched alkanes of at least 4 members (excludes halogenated alkanes) is 7. The number of hydrogen-bond donors (Lipinski definition) is 1. The monoisotopic (exact) mass is 1400 g/mol. The summed E-state index contributed by atoms with van der Waals surface area (Å²) >= 11 is 0. The Balaban J connectivity index is 0.000000546. The maximum absolute atomic E-state index is 12.5. The number of aromatic nitrogens is 8. The molecule has 0 aromatic carbocycles. The second-order valence-electron chi connectivity index (χ2n) is 23.1. The summed E-state index contributed by atoms with van der Waals surface area (Å²) in [5.41, 5.74) is 7.19. The van der Waals surface area contributed by atoms with Crippen LogP contribution in [0.5, 0.6) is 0 Å². The van der Waals surface area contributed by atoms with Crippen LogP contribution >= 0.6 is 0 Å². The first-order valence-corrected chi connectivity index (χ1v) is 32.6. The van der Waals surface area contributed by atoms with Gasteiger partial charge in [-0.1, -0.05) is 57.4 Å². The molecule has 0 saturated heterocycles. The van der Waals surface area contributed by atoms with Gasteiger partial charge in [0.1, 0.15) is 25.3 Å². The van der Waals surface area contributed by atoms with Gasteiger partial charge in [-0.15, -0.1) is 0 Å². The molecule has 18 nitrogen and oxygen atoms in total. The molecular weight excluding hydrogens is 1300 g/mol. The molecule has 5 unspecified atom stereocenters. The molecular formula is C71H102N15O3Os+2. The largest absolute Gasteiger partial charge is 1.00 e. The van der Waals surface area contributed by atoms with E-state index in [2.05, 4.69) is 156 Å². The number of aryl methyl sites for hydroxylation is 4. The topological polar surface area (TPSA) is 212 Å². The number of nitrogens with zero attached hydrogens (tertiary/aromatic N) is 14. The molecule has 7 heterocycles. The van der Waals surface area contributed by atoms with E-state index < -0.39 is 5.97 Å². The first-order valence-electron chi connectivity index (χ1n) is 32.6. The average Bonchev–Trinajstić information content (AvgIpc) is 4.03. The number of amides is 1. The Kier molecular flexibility index (Phi) is 37.5. The molecule has 19 heteroatoms. The van der Waals surface area contributed by atoms with Gasteiger partial charge in [-0.2, -0.15) is 0 Å². The number of rotatable bonds is 38. The van der Waals surface area contributed by atoms with Crippen molar-refractivity contribution in [2.75, 3.05) is 33.7 Å². The van der Waals surface area contributed by atoms with Gasteiger partial charge in [0.05, 0.1) is 24.5 Å². The number of nitrogens with one attached hydrogen (secondary N) is 1. The molecule has 6 aromatic rings. The molecule has 6 aromatic heterocycles. The van der Waals surface area contributed by atoms with E-state index in [1.807, 2.05) is 69.3 Å². The minimum Gasteiger partial charge on any atom is -0.550 e. The van der Waals surface area contributed by atoms with Gasteiger partial charge in [0, 0.05) is 133 Å². The average molecular weight is 1400 g/mol. The third kappa shape index (κ3) is 29.5. The Labute approximate surface area is 550 Å². The van der Waals surface area contributed by atoms with Gasteiger partial charge in [-0.05, 0) is 157 Å². The number of carbonyl (C=O) groups is 2. The van der Waals surface area contributed by atoms with E-state index in [1.165, 1.54) is 48.8 Å². The van der Waals surface area contributed by atoms with Gasteiger partial charge >= 0.3 is 19.8 Å². The second kappa shape index (κ2) is 45.0. The Morgan fingerprint density at radius 2 is 1.38 bits per heavy atom. The SMILES string of the molecule is CCC(CCCC(CCCC(C)c1cc[n+](CCCCCC(=O)[O-])cc1)c1ccncc1)c1cc[n+](CCCCCC(=O)NCCCCCC[N+]2=CC=NC2c2cccc(C)n2)cc1.CN=CC=NC(C)c1ncc[n-]1.CN=CCN=C(C)c1nccn1C.[Os+]. The fraction of sp³-hybridized carbons (Fsp3) is 0.521. The molecule has 1 amide bonds. The zero-order valence-electron chi connectivity index (χ0n) is 55.1. The van der Waals surface area contributed by atoms with Crippen molar-refractivity contribution in [1.82, 2.24) is 34.8 Å². The summed E-state index contributed by atoms with van der Waals surface area (Å²) in [5.74, 6) is 2.48. The van der Waals surface area contributed by atoms with E-state index in [9.17, 15) is 14.7 Å². The number of carboxylic acids is 1. The van der Waals surface area contributed by atoms with Crippen molar-refractivity contribution in [1.29, 1.82) is 0 Å². The summed E-state index contributed by atoms with van der Waals surface area (Å²) < 4.78 is 8.72. The molecule has 0 bridgehead atoms. The zero-order chi connectivity index (χ0) is 63.7. The first-order chi connectivity index (χ1) is 43.4. The molecule has 1 aliphatic heterocycles. The quantitative estimate of drug-likeness (QED) is 0.0223. The van der Waals surface area contributed by atoms with Crippen molar-refractivity contribution >= 4 is 48.7 Å². The van der Waals surface area contributed by atoms with Gasteiger partial charge in [0.25, 0.3) is 6.17 Å². The number of pyridine rings is 4. The third-order valence-electron chi connectivity index (χ3n) is 16.2. The smallest absolute Gasteiger partial charge is 0.550 e. The Morgan fingerprint density at radius 1 is 0.733 bits per heavy atom. The van der Waals surface area contributed by atoms with Crippen LogP contribution in [0, 0.1) is 6.92 Å². The van der Waals surface area contributed by atoms with Gasteiger partial charge in [0.2, 0.25) is 5.91 Å². The van der Waals surface area contributed by atoms with Crippen molar-refractivity contribution in [3.63, 3.8) is 0 Å². The fourth-order valence-electron chi connectivity index (χ4n) is 10.9. The molecule has 0 aliphatic carbocycles. The number of imidazole rings is 2. The summed E-state index contributed by atoms with van der Waals surface area (Å²) in [4.78, 5) is 65.0. The van der Waals surface area contributed by atoms with Crippen molar-refractivity contribution in [2.24, 2.45) is 32.0 Å². The predicted octanol–water partition coefficient (Wildman–Crippen LogP) is 11.0. The molecule has 1 radical (unpaired) electrons. The number of hydrogen-bond acceptors (Lipinski definition) is 12. The van der Waals surface area contributed by atoms with Crippen LogP contribution in [0.25, 0.3) is 0 Å².